The summed E-state index contributed by atoms with van der Waals surface area (Å²) in [6.45, 7) is 4.52. The first-order valence-corrected chi connectivity index (χ1v) is 8.27. The van der Waals surface area contributed by atoms with Gasteiger partial charge in [0.1, 0.15) is 0 Å². The van der Waals surface area contributed by atoms with Crippen molar-refractivity contribution in [2.24, 2.45) is 0 Å². The molecule has 0 saturated carbocycles. The highest BCUT2D eigenvalue weighted by Crippen LogP contribution is 2.34. The van der Waals surface area contributed by atoms with Gasteiger partial charge in [0.15, 0.2) is 0 Å². The topological polar surface area (TPSA) is 29.5 Å². The SMILES string of the molecule is CCCCCC/C=C1\CC2C=CC=CC1N2C(=O)OCC. The minimum Gasteiger partial charge on any atom is -0.450 e. The first kappa shape index (κ1) is 15.9. The van der Waals surface area contributed by atoms with Crippen molar-refractivity contribution >= 4 is 6.09 Å². The van der Waals surface area contributed by atoms with Crippen molar-refractivity contribution < 1.29 is 9.53 Å². The molecular formula is C18H27NO2. The summed E-state index contributed by atoms with van der Waals surface area (Å²) in [5, 5.41) is 0. The van der Waals surface area contributed by atoms with Crippen molar-refractivity contribution in [2.45, 2.75) is 64.5 Å². The lowest BCUT2D eigenvalue weighted by Crippen LogP contribution is -2.39. The molecule has 2 heterocycles. The Kier molecular flexibility index (Phi) is 6.09. The lowest BCUT2D eigenvalue weighted by Gasteiger charge is -2.25. The number of nitrogens with zero attached hydrogens (tertiary/aromatic N) is 1. The van der Waals surface area contributed by atoms with Crippen LogP contribution in [0.3, 0.4) is 0 Å². The second kappa shape index (κ2) is 8.06. The summed E-state index contributed by atoms with van der Waals surface area (Å²) < 4.78 is 5.22. The smallest absolute Gasteiger partial charge is 0.411 e. The normalized spacial score (nSPS) is 25.4. The first-order valence-electron chi connectivity index (χ1n) is 8.27. The molecule has 0 aromatic carbocycles. The third kappa shape index (κ3) is 3.99. The van der Waals surface area contributed by atoms with E-state index in [4.69, 9.17) is 4.74 Å². The van der Waals surface area contributed by atoms with E-state index in [-0.39, 0.29) is 18.2 Å². The van der Waals surface area contributed by atoms with Crippen molar-refractivity contribution in [3.05, 3.63) is 36.0 Å². The van der Waals surface area contributed by atoms with Gasteiger partial charge < -0.3 is 4.74 Å². The van der Waals surface area contributed by atoms with Gasteiger partial charge in [0.25, 0.3) is 0 Å². The Labute approximate surface area is 128 Å². The summed E-state index contributed by atoms with van der Waals surface area (Å²) in [5.41, 5.74) is 1.37. The zero-order chi connectivity index (χ0) is 15.1. The summed E-state index contributed by atoms with van der Waals surface area (Å²) in [6, 6.07) is 0.223. The summed E-state index contributed by atoms with van der Waals surface area (Å²) in [6.07, 6.45) is 17.6. The predicted octanol–water partition coefficient (Wildman–Crippen LogP) is 4.61. The Bertz CT molecular complexity index is 436. The van der Waals surface area contributed by atoms with Crippen LogP contribution >= 0.6 is 0 Å². The molecule has 2 bridgehead atoms. The van der Waals surface area contributed by atoms with E-state index in [1.165, 1.54) is 31.3 Å². The van der Waals surface area contributed by atoms with Crippen LogP contribution in [0, 0.1) is 0 Å². The number of amides is 1. The highest BCUT2D eigenvalue weighted by Gasteiger charge is 2.38. The molecule has 21 heavy (non-hydrogen) atoms. The van der Waals surface area contributed by atoms with Gasteiger partial charge in [-0.25, -0.2) is 4.79 Å². The van der Waals surface area contributed by atoms with Gasteiger partial charge in [0, 0.05) is 0 Å². The lowest BCUT2D eigenvalue weighted by atomic mass is 10.0. The third-order valence-electron chi connectivity index (χ3n) is 4.16. The highest BCUT2D eigenvalue weighted by molar-refractivity contribution is 5.71. The van der Waals surface area contributed by atoms with Crippen molar-refractivity contribution in [3.63, 3.8) is 0 Å². The maximum absolute atomic E-state index is 12.2. The van der Waals surface area contributed by atoms with Gasteiger partial charge in [0.05, 0.1) is 18.7 Å². The zero-order valence-electron chi connectivity index (χ0n) is 13.3. The molecule has 3 heteroatoms. The highest BCUT2D eigenvalue weighted by atomic mass is 16.6. The molecule has 0 radical (unpaired) electrons. The maximum Gasteiger partial charge on any atom is 0.411 e. The molecule has 3 nitrogen and oxygen atoms in total. The molecule has 2 aliphatic rings. The number of ether oxygens (including phenoxy) is 1. The lowest BCUT2D eigenvalue weighted by molar-refractivity contribution is 0.102. The van der Waals surface area contributed by atoms with Gasteiger partial charge in [0.2, 0.25) is 0 Å². The van der Waals surface area contributed by atoms with Gasteiger partial charge in [-0.3, -0.25) is 4.90 Å². The van der Waals surface area contributed by atoms with Crippen LogP contribution in [0.1, 0.15) is 52.4 Å². The van der Waals surface area contributed by atoms with Gasteiger partial charge in [-0.1, -0.05) is 56.6 Å². The number of hydrogen-bond donors (Lipinski definition) is 0. The Morgan fingerprint density at radius 3 is 2.86 bits per heavy atom. The second-order valence-corrected chi connectivity index (χ2v) is 5.72. The van der Waals surface area contributed by atoms with Crippen LogP contribution in [-0.2, 0) is 4.74 Å². The van der Waals surface area contributed by atoms with Crippen LogP contribution in [0.15, 0.2) is 36.0 Å². The maximum atomic E-state index is 12.2. The molecule has 2 aliphatic heterocycles. The summed E-state index contributed by atoms with van der Waals surface area (Å²) in [4.78, 5) is 14.1. The van der Waals surface area contributed by atoms with Crippen molar-refractivity contribution in [1.82, 2.24) is 4.90 Å². The van der Waals surface area contributed by atoms with E-state index in [9.17, 15) is 4.79 Å². The van der Waals surface area contributed by atoms with E-state index in [0.29, 0.717) is 6.61 Å². The Balaban J connectivity index is 2.02. The molecule has 1 fully saturated rings. The minimum absolute atomic E-state index is 0.0789. The van der Waals surface area contributed by atoms with Gasteiger partial charge in [-0.2, -0.15) is 0 Å². The molecule has 2 rings (SSSR count). The van der Waals surface area contributed by atoms with Crippen LogP contribution < -0.4 is 0 Å². The summed E-state index contributed by atoms with van der Waals surface area (Å²) >= 11 is 0. The Morgan fingerprint density at radius 2 is 2.10 bits per heavy atom. The average Bonchev–Trinajstić information content (AvgIpc) is 2.65. The van der Waals surface area contributed by atoms with Gasteiger partial charge in [-0.15, -0.1) is 0 Å². The molecule has 1 saturated heterocycles. The number of hydrogen-bond acceptors (Lipinski definition) is 2. The predicted molar refractivity (Wildman–Crippen MR) is 86.2 cm³/mol. The van der Waals surface area contributed by atoms with E-state index in [1.54, 1.807) is 0 Å². The number of carbonyl (C=O) groups excluding carboxylic acids is 1. The van der Waals surface area contributed by atoms with Crippen molar-refractivity contribution in [1.29, 1.82) is 0 Å². The van der Waals surface area contributed by atoms with E-state index >= 15 is 0 Å². The largest absolute Gasteiger partial charge is 0.450 e. The summed E-state index contributed by atoms with van der Waals surface area (Å²) in [7, 11) is 0. The molecule has 116 valence electrons. The molecule has 0 aromatic rings. The molecule has 0 aliphatic carbocycles. The molecular weight excluding hydrogens is 262 g/mol. The fourth-order valence-corrected chi connectivity index (χ4v) is 3.09. The van der Waals surface area contributed by atoms with Crippen LogP contribution in [0.5, 0.6) is 0 Å². The molecule has 2 unspecified atom stereocenters. The van der Waals surface area contributed by atoms with Crippen LogP contribution in [-0.4, -0.2) is 29.7 Å². The van der Waals surface area contributed by atoms with Crippen LogP contribution in [0.25, 0.3) is 0 Å². The standard InChI is InChI=1S/C18H27NO2/c1-3-5-6-7-8-11-15-14-16-12-9-10-13-17(15)19(16)18(20)21-4-2/h9-13,16-17H,3-8,14H2,1-2H3/b15-11+. The quantitative estimate of drug-likeness (QED) is 0.528. The zero-order valence-corrected chi connectivity index (χ0v) is 13.3. The Hall–Kier alpha value is -1.51. The van der Waals surface area contributed by atoms with E-state index in [1.807, 2.05) is 24.0 Å². The monoisotopic (exact) mass is 289 g/mol. The number of carbonyl (C=O) groups is 1. The second-order valence-electron chi connectivity index (χ2n) is 5.72. The molecule has 0 spiro atoms. The molecule has 2 atom stereocenters. The van der Waals surface area contributed by atoms with Crippen molar-refractivity contribution in [2.75, 3.05) is 6.61 Å². The fourth-order valence-electron chi connectivity index (χ4n) is 3.09. The number of allylic oxidation sites excluding steroid dienone is 3. The van der Waals surface area contributed by atoms with Crippen molar-refractivity contribution in [3.8, 4) is 0 Å². The molecule has 1 amide bonds. The van der Waals surface area contributed by atoms with E-state index in [2.05, 4.69) is 25.2 Å². The van der Waals surface area contributed by atoms with E-state index in [0.717, 1.165) is 12.8 Å². The third-order valence-corrected chi connectivity index (χ3v) is 4.16. The number of rotatable bonds is 6. The summed E-state index contributed by atoms with van der Waals surface area (Å²) in [5.74, 6) is 0. The fraction of sp³-hybridized carbons (Fsp3) is 0.611. The molecule has 0 aromatic heterocycles. The molecule has 0 N–H and O–H groups in total. The van der Waals surface area contributed by atoms with E-state index < -0.39 is 0 Å². The number of unbranched alkanes of at least 4 members (excludes halogenated alkanes) is 4. The minimum atomic E-state index is -0.196. The number of fused-ring (bicyclic) bond motifs is 2. The average molecular weight is 289 g/mol. The van der Waals surface area contributed by atoms with Gasteiger partial charge >= 0.3 is 6.09 Å². The van der Waals surface area contributed by atoms with Crippen LogP contribution in [0.4, 0.5) is 4.79 Å². The Morgan fingerprint density at radius 1 is 1.29 bits per heavy atom. The van der Waals surface area contributed by atoms with Gasteiger partial charge in [-0.05, 0) is 31.8 Å². The first-order chi connectivity index (χ1) is 10.3. The van der Waals surface area contributed by atoms with Crippen LogP contribution in [0.2, 0.25) is 0 Å².